The smallest absolute Gasteiger partial charge is 0.312 e. The third kappa shape index (κ3) is 3.83. The molecule has 4 fully saturated rings. The predicted octanol–water partition coefficient (Wildman–Crippen LogP) is 5.41. The van der Waals surface area contributed by atoms with Crippen molar-refractivity contribution in [3.8, 4) is 0 Å². The number of hydrogen-bond acceptors (Lipinski definition) is 4. The largest absolute Gasteiger partial charge is 0.455 e. The molecule has 2 atom stereocenters. The highest BCUT2D eigenvalue weighted by Gasteiger charge is 2.61. The second kappa shape index (κ2) is 7.79. The molecule has 0 spiro atoms. The lowest BCUT2D eigenvalue weighted by molar-refractivity contribution is -0.175. The quantitative estimate of drug-likeness (QED) is 0.608. The van der Waals surface area contributed by atoms with Gasteiger partial charge < -0.3 is 10.1 Å². The Balaban J connectivity index is 1.28. The van der Waals surface area contributed by atoms with Gasteiger partial charge in [-0.2, -0.15) is 0 Å². The number of pyridine rings is 1. The Hall–Kier alpha value is -2.11. The number of amides is 1. The van der Waals surface area contributed by atoms with Crippen LogP contribution in [0.4, 0.5) is 5.82 Å². The third-order valence-electron chi connectivity index (χ3n) is 7.28. The standard InChI is InChI=1S/C24H24Cl2N2O3/c25-18-7-19(26)21(27-12-18)28-20(29)13-31-22(30)24-10-15-6-16(11-24)9-23(8-15,14-24)17-4-2-1-3-5-17/h1-5,7,12,15-16H,6,8-11,13-14H2,(H,27,28,29). The van der Waals surface area contributed by atoms with Crippen molar-refractivity contribution >= 4 is 40.9 Å². The van der Waals surface area contributed by atoms with E-state index in [1.807, 2.05) is 6.07 Å². The molecule has 6 rings (SSSR count). The van der Waals surface area contributed by atoms with E-state index in [4.69, 9.17) is 27.9 Å². The number of hydrogen-bond donors (Lipinski definition) is 1. The minimum absolute atomic E-state index is 0.0490. The molecule has 1 N–H and O–H groups in total. The highest BCUT2D eigenvalue weighted by molar-refractivity contribution is 6.36. The average molecular weight is 459 g/mol. The molecule has 2 aromatic rings. The summed E-state index contributed by atoms with van der Waals surface area (Å²) in [4.78, 5) is 29.6. The summed E-state index contributed by atoms with van der Waals surface area (Å²) in [5, 5.41) is 3.19. The van der Waals surface area contributed by atoms with Gasteiger partial charge in [0.1, 0.15) is 0 Å². The normalized spacial score (nSPS) is 30.8. The van der Waals surface area contributed by atoms with Crippen molar-refractivity contribution in [2.45, 2.75) is 43.9 Å². The first-order chi connectivity index (χ1) is 14.9. The number of halogens is 2. The molecule has 5 nitrogen and oxygen atoms in total. The van der Waals surface area contributed by atoms with E-state index in [1.54, 1.807) is 0 Å². The molecule has 4 bridgehead atoms. The average Bonchev–Trinajstić information content (AvgIpc) is 2.74. The Morgan fingerprint density at radius 3 is 2.48 bits per heavy atom. The number of anilines is 1. The van der Waals surface area contributed by atoms with E-state index in [9.17, 15) is 9.59 Å². The number of esters is 1. The lowest BCUT2D eigenvalue weighted by Crippen LogP contribution is -2.57. The number of nitrogens with one attached hydrogen (secondary N) is 1. The number of carbonyl (C=O) groups excluding carboxylic acids is 2. The molecule has 4 aliphatic carbocycles. The summed E-state index contributed by atoms with van der Waals surface area (Å²) < 4.78 is 5.56. The fourth-order valence-corrected chi connectivity index (χ4v) is 7.02. The van der Waals surface area contributed by atoms with Gasteiger partial charge in [0.2, 0.25) is 0 Å². The van der Waals surface area contributed by atoms with Gasteiger partial charge in [-0.3, -0.25) is 9.59 Å². The van der Waals surface area contributed by atoms with Crippen LogP contribution in [0.3, 0.4) is 0 Å². The van der Waals surface area contributed by atoms with E-state index in [-0.39, 0.29) is 28.8 Å². The van der Waals surface area contributed by atoms with Crippen molar-refractivity contribution in [1.82, 2.24) is 4.98 Å². The summed E-state index contributed by atoms with van der Waals surface area (Å²) in [5.41, 5.74) is 0.895. The van der Waals surface area contributed by atoms with Gasteiger partial charge in [0.25, 0.3) is 5.91 Å². The van der Waals surface area contributed by atoms with Crippen LogP contribution in [-0.4, -0.2) is 23.5 Å². The predicted molar refractivity (Wildman–Crippen MR) is 119 cm³/mol. The van der Waals surface area contributed by atoms with Crippen LogP contribution in [0.1, 0.15) is 44.1 Å². The molecule has 7 heteroatoms. The van der Waals surface area contributed by atoms with Crippen LogP contribution >= 0.6 is 23.2 Å². The molecule has 0 radical (unpaired) electrons. The van der Waals surface area contributed by atoms with Crippen LogP contribution in [0.5, 0.6) is 0 Å². The zero-order chi connectivity index (χ0) is 21.6. The Kier molecular flexibility index (Phi) is 5.22. The summed E-state index contributed by atoms with van der Waals surface area (Å²) in [6, 6.07) is 12.1. The zero-order valence-electron chi connectivity index (χ0n) is 17.1. The number of carbonyl (C=O) groups is 2. The Bertz CT molecular complexity index is 1010. The molecule has 2 unspecified atom stereocenters. The van der Waals surface area contributed by atoms with Gasteiger partial charge >= 0.3 is 5.97 Å². The Labute approximate surface area is 191 Å². The molecule has 0 saturated heterocycles. The van der Waals surface area contributed by atoms with Gasteiger partial charge in [-0.25, -0.2) is 4.98 Å². The second-order valence-corrected chi connectivity index (χ2v) is 10.3. The SMILES string of the molecule is O=C(COC(=O)C12CC3CC(C1)CC(c1ccccc1)(C3)C2)Nc1ncc(Cl)cc1Cl. The van der Waals surface area contributed by atoms with E-state index in [1.165, 1.54) is 24.2 Å². The van der Waals surface area contributed by atoms with Crippen LogP contribution in [0.2, 0.25) is 10.0 Å². The van der Waals surface area contributed by atoms with Crippen molar-refractivity contribution in [2.75, 3.05) is 11.9 Å². The summed E-state index contributed by atoms with van der Waals surface area (Å²) in [7, 11) is 0. The molecule has 1 aromatic carbocycles. The lowest BCUT2D eigenvalue weighted by Gasteiger charge is -2.61. The molecule has 31 heavy (non-hydrogen) atoms. The molecule has 4 aliphatic rings. The monoisotopic (exact) mass is 458 g/mol. The minimum atomic E-state index is -0.490. The van der Waals surface area contributed by atoms with Crippen molar-refractivity contribution in [3.05, 3.63) is 58.2 Å². The number of nitrogens with zero attached hydrogens (tertiary/aromatic N) is 1. The molecule has 0 aliphatic heterocycles. The summed E-state index contributed by atoms with van der Waals surface area (Å²) in [6.45, 7) is -0.352. The first kappa shape index (κ1) is 20.8. The molecule has 162 valence electrons. The minimum Gasteiger partial charge on any atom is -0.455 e. The van der Waals surface area contributed by atoms with E-state index >= 15 is 0 Å². The molecular formula is C24H24Cl2N2O3. The van der Waals surface area contributed by atoms with E-state index in [0.29, 0.717) is 16.9 Å². The van der Waals surface area contributed by atoms with E-state index in [2.05, 4.69) is 34.6 Å². The fraction of sp³-hybridized carbons (Fsp3) is 0.458. The van der Waals surface area contributed by atoms with Gasteiger partial charge in [-0.1, -0.05) is 53.5 Å². The Morgan fingerprint density at radius 1 is 1.10 bits per heavy atom. The fourth-order valence-electron chi connectivity index (χ4n) is 6.59. The topological polar surface area (TPSA) is 68.3 Å². The number of rotatable bonds is 5. The van der Waals surface area contributed by atoms with E-state index < -0.39 is 11.3 Å². The van der Waals surface area contributed by atoms with Crippen LogP contribution < -0.4 is 5.32 Å². The van der Waals surface area contributed by atoms with Crippen LogP contribution in [-0.2, 0) is 19.7 Å². The van der Waals surface area contributed by atoms with E-state index in [0.717, 1.165) is 32.1 Å². The summed E-state index contributed by atoms with van der Waals surface area (Å²) in [5.74, 6) is 0.574. The maximum absolute atomic E-state index is 13.3. The van der Waals surface area contributed by atoms with Crippen molar-refractivity contribution in [3.63, 3.8) is 0 Å². The molecule has 1 heterocycles. The van der Waals surface area contributed by atoms with Gasteiger partial charge in [0.15, 0.2) is 12.4 Å². The molecule has 1 aromatic heterocycles. The third-order valence-corrected chi connectivity index (χ3v) is 7.78. The lowest BCUT2D eigenvalue weighted by atomic mass is 9.43. The van der Waals surface area contributed by atoms with Crippen LogP contribution in [0, 0.1) is 17.3 Å². The molecule has 4 saturated carbocycles. The summed E-state index contributed by atoms with van der Waals surface area (Å²) >= 11 is 11.9. The van der Waals surface area contributed by atoms with Gasteiger partial charge in [0.05, 0.1) is 15.5 Å². The van der Waals surface area contributed by atoms with Gasteiger partial charge in [-0.15, -0.1) is 0 Å². The van der Waals surface area contributed by atoms with Crippen LogP contribution in [0.15, 0.2) is 42.6 Å². The molecular weight excluding hydrogens is 435 g/mol. The van der Waals surface area contributed by atoms with Gasteiger partial charge in [0, 0.05) is 6.20 Å². The first-order valence-corrected chi connectivity index (χ1v) is 11.5. The van der Waals surface area contributed by atoms with Gasteiger partial charge in [-0.05, 0) is 67.4 Å². The Morgan fingerprint density at radius 2 is 1.81 bits per heavy atom. The van der Waals surface area contributed by atoms with Crippen molar-refractivity contribution in [1.29, 1.82) is 0 Å². The first-order valence-electron chi connectivity index (χ1n) is 10.7. The zero-order valence-corrected chi connectivity index (χ0v) is 18.6. The molecule has 1 amide bonds. The van der Waals surface area contributed by atoms with Crippen molar-refractivity contribution in [2.24, 2.45) is 17.3 Å². The number of ether oxygens (including phenoxy) is 1. The highest BCUT2D eigenvalue weighted by atomic mass is 35.5. The highest BCUT2D eigenvalue weighted by Crippen LogP contribution is 2.66. The summed E-state index contributed by atoms with van der Waals surface area (Å²) in [6.07, 6.45) is 7.42. The maximum Gasteiger partial charge on any atom is 0.312 e. The van der Waals surface area contributed by atoms with Crippen molar-refractivity contribution < 1.29 is 14.3 Å². The number of benzene rings is 1. The maximum atomic E-state index is 13.3. The second-order valence-electron chi connectivity index (χ2n) is 9.50. The number of aromatic nitrogens is 1. The van der Waals surface area contributed by atoms with Crippen LogP contribution in [0.25, 0.3) is 0 Å².